The molecule has 0 aliphatic heterocycles. The number of aromatic nitrogens is 2. The van der Waals surface area contributed by atoms with E-state index in [1.807, 2.05) is 31.5 Å². The Hall–Kier alpha value is -1.85. The Balaban J connectivity index is 2.76. The highest BCUT2D eigenvalue weighted by atomic mass is 16.2. The third-order valence-corrected chi connectivity index (χ3v) is 3.19. The number of carbonyl (C=O) groups excluding carboxylic acids is 2. The molecule has 0 saturated heterocycles. The molecular weight excluding hydrogens is 256 g/mol. The fourth-order valence-electron chi connectivity index (χ4n) is 2.04. The number of hydrogen-bond donors (Lipinski definition) is 1. The number of likely N-dealkylation sites (N-methyl/N-ethyl adjacent to an activating group) is 1. The normalized spacial score (nSPS) is 12.3. The summed E-state index contributed by atoms with van der Waals surface area (Å²) in [5.74, 6) is 0.592. The van der Waals surface area contributed by atoms with Crippen molar-refractivity contribution < 1.29 is 9.59 Å². The smallest absolute Gasteiger partial charge is 0.245 e. The second-order valence-electron chi connectivity index (χ2n) is 5.25. The van der Waals surface area contributed by atoms with E-state index in [1.54, 1.807) is 18.1 Å². The molecule has 2 amide bonds. The lowest BCUT2D eigenvalue weighted by atomic mass is 10.0. The van der Waals surface area contributed by atoms with Crippen LogP contribution in [0.3, 0.4) is 0 Å². The quantitative estimate of drug-likeness (QED) is 0.846. The fourth-order valence-corrected chi connectivity index (χ4v) is 2.04. The average Bonchev–Trinajstić information content (AvgIpc) is 2.81. The molecule has 0 fully saturated rings. The van der Waals surface area contributed by atoms with Gasteiger partial charge in [-0.15, -0.1) is 0 Å². The van der Waals surface area contributed by atoms with Gasteiger partial charge in [-0.2, -0.15) is 0 Å². The third-order valence-electron chi connectivity index (χ3n) is 3.19. The van der Waals surface area contributed by atoms with Crippen LogP contribution in [0.1, 0.15) is 33.5 Å². The lowest BCUT2D eigenvalue weighted by molar-refractivity contribution is -0.136. The summed E-state index contributed by atoms with van der Waals surface area (Å²) in [6.07, 6.45) is 3.62. The van der Waals surface area contributed by atoms with Crippen LogP contribution in [0, 0.1) is 5.92 Å². The number of hydrogen-bond acceptors (Lipinski definition) is 3. The number of carbonyl (C=O) groups is 2. The predicted molar refractivity (Wildman–Crippen MR) is 76.8 cm³/mol. The molecule has 0 unspecified atom stereocenters. The summed E-state index contributed by atoms with van der Waals surface area (Å²) in [5, 5.41) is 2.71. The highest BCUT2D eigenvalue weighted by Crippen LogP contribution is 2.08. The molecule has 1 N–H and O–H groups in total. The van der Waals surface area contributed by atoms with Gasteiger partial charge in [0, 0.05) is 32.9 Å². The van der Waals surface area contributed by atoms with Crippen molar-refractivity contribution in [3.63, 3.8) is 0 Å². The summed E-state index contributed by atoms with van der Waals surface area (Å²) in [4.78, 5) is 29.5. The highest BCUT2D eigenvalue weighted by molar-refractivity contribution is 5.86. The van der Waals surface area contributed by atoms with Gasteiger partial charge in [-0.05, 0) is 12.8 Å². The Morgan fingerprint density at radius 2 is 2.10 bits per heavy atom. The molecule has 0 radical (unpaired) electrons. The van der Waals surface area contributed by atoms with Crippen LogP contribution in [0.15, 0.2) is 12.4 Å². The lowest BCUT2D eigenvalue weighted by Gasteiger charge is -2.26. The molecule has 0 saturated carbocycles. The van der Waals surface area contributed by atoms with Crippen molar-refractivity contribution in [1.82, 2.24) is 19.8 Å². The van der Waals surface area contributed by atoms with Crippen LogP contribution in [0.25, 0.3) is 0 Å². The van der Waals surface area contributed by atoms with E-state index in [0.717, 1.165) is 12.4 Å². The number of nitrogens with one attached hydrogen (secondary N) is 1. The average molecular weight is 280 g/mol. The van der Waals surface area contributed by atoms with Crippen LogP contribution in [0.2, 0.25) is 0 Å². The summed E-state index contributed by atoms with van der Waals surface area (Å²) in [5.41, 5.74) is 0. The van der Waals surface area contributed by atoms with Gasteiger partial charge in [0.05, 0.1) is 6.54 Å². The van der Waals surface area contributed by atoms with Crippen molar-refractivity contribution in [2.24, 2.45) is 5.92 Å². The Kier molecular flexibility index (Phi) is 5.73. The largest absolute Gasteiger partial charge is 0.344 e. The SMILES string of the molecule is CCn1ccnc1CN(C)C(=O)[C@@H](NC(C)=O)C(C)C. The van der Waals surface area contributed by atoms with E-state index in [-0.39, 0.29) is 17.7 Å². The zero-order valence-corrected chi connectivity index (χ0v) is 12.9. The first kappa shape index (κ1) is 16.2. The van der Waals surface area contributed by atoms with Gasteiger partial charge in [0.25, 0.3) is 0 Å². The maximum atomic E-state index is 12.4. The highest BCUT2D eigenvalue weighted by Gasteiger charge is 2.26. The van der Waals surface area contributed by atoms with E-state index in [2.05, 4.69) is 10.3 Å². The standard InChI is InChI=1S/C14H24N4O2/c1-6-18-8-7-15-12(18)9-17(5)14(20)13(10(2)3)16-11(4)19/h7-8,10,13H,6,9H2,1-5H3,(H,16,19)/t13-/m0/s1. The first-order chi connectivity index (χ1) is 9.36. The Bertz CT molecular complexity index is 467. The molecular formula is C14H24N4O2. The minimum Gasteiger partial charge on any atom is -0.344 e. The first-order valence-corrected chi connectivity index (χ1v) is 6.88. The van der Waals surface area contributed by atoms with Crippen molar-refractivity contribution in [1.29, 1.82) is 0 Å². The van der Waals surface area contributed by atoms with Crippen molar-refractivity contribution in [2.45, 2.75) is 46.8 Å². The molecule has 0 aliphatic rings. The Labute approximate surface area is 120 Å². The van der Waals surface area contributed by atoms with Crippen molar-refractivity contribution in [3.8, 4) is 0 Å². The van der Waals surface area contributed by atoms with Gasteiger partial charge < -0.3 is 14.8 Å². The van der Waals surface area contributed by atoms with Gasteiger partial charge in [0.15, 0.2) is 0 Å². The predicted octanol–water partition coefficient (Wildman–Crippen LogP) is 1.02. The van der Waals surface area contributed by atoms with E-state index in [9.17, 15) is 9.59 Å². The second-order valence-corrected chi connectivity index (χ2v) is 5.25. The molecule has 20 heavy (non-hydrogen) atoms. The minimum atomic E-state index is -0.498. The van der Waals surface area contributed by atoms with Gasteiger partial charge in [0.1, 0.15) is 11.9 Å². The number of imidazole rings is 1. The molecule has 0 bridgehead atoms. The van der Waals surface area contributed by atoms with E-state index in [1.165, 1.54) is 6.92 Å². The zero-order valence-electron chi connectivity index (χ0n) is 12.9. The molecule has 6 heteroatoms. The topological polar surface area (TPSA) is 67.2 Å². The second kappa shape index (κ2) is 7.07. The maximum absolute atomic E-state index is 12.4. The van der Waals surface area contributed by atoms with Crippen LogP contribution >= 0.6 is 0 Å². The van der Waals surface area contributed by atoms with Crippen LogP contribution < -0.4 is 5.32 Å². The molecule has 1 heterocycles. The molecule has 0 aromatic carbocycles. The van der Waals surface area contributed by atoms with Crippen LogP contribution in [0.4, 0.5) is 0 Å². The van der Waals surface area contributed by atoms with Gasteiger partial charge in [-0.3, -0.25) is 9.59 Å². The maximum Gasteiger partial charge on any atom is 0.245 e. The summed E-state index contributed by atoms with van der Waals surface area (Å²) in [7, 11) is 1.73. The van der Waals surface area contributed by atoms with E-state index in [0.29, 0.717) is 6.54 Å². The third kappa shape index (κ3) is 4.08. The number of rotatable bonds is 6. The molecule has 6 nitrogen and oxygen atoms in total. The molecule has 1 aromatic rings. The summed E-state index contributed by atoms with van der Waals surface area (Å²) >= 11 is 0. The molecule has 112 valence electrons. The van der Waals surface area contributed by atoms with Gasteiger partial charge in [-0.1, -0.05) is 13.8 Å². The first-order valence-electron chi connectivity index (χ1n) is 6.88. The minimum absolute atomic E-state index is 0.0415. The van der Waals surface area contributed by atoms with Crippen molar-refractivity contribution in [2.75, 3.05) is 7.05 Å². The summed E-state index contributed by atoms with van der Waals surface area (Å²) < 4.78 is 1.99. The van der Waals surface area contributed by atoms with Gasteiger partial charge in [-0.25, -0.2) is 4.98 Å². The van der Waals surface area contributed by atoms with Gasteiger partial charge in [0.2, 0.25) is 11.8 Å². The van der Waals surface area contributed by atoms with Crippen molar-refractivity contribution >= 4 is 11.8 Å². The Morgan fingerprint density at radius 3 is 2.60 bits per heavy atom. The molecule has 0 spiro atoms. The monoisotopic (exact) mass is 280 g/mol. The molecule has 1 rings (SSSR count). The zero-order chi connectivity index (χ0) is 15.3. The van der Waals surface area contributed by atoms with E-state index in [4.69, 9.17) is 0 Å². The summed E-state index contributed by atoms with van der Waals surface area (Å²) in [6, 6.07) is -0.498. The summed E-state index contributed by atoms with van der Waals surface area (Å²) in [6.45, 7) is 8.53. The van der Waals surface area contributed by atoms with Crippen molar-refractivity contribution in [3.05, 3.63) is 18.2 Å². The van der Waals surface area contributed by atoms with E-state index < -0.39 is 6.04 Å². The number of aryl methyl sites for hydroxylation is 1. The number of nitrogens with zero attached hydrogens (tertiary/aromatic N) is 3. The fraction of sp³-hybridized carbons (Fsp3) is 0.643. The van der Waals surface area contributed by atoms with Gasteiger partial charge >= 0.3 is 0 Å². The van der Waals surface area contributed by atoms with Crippen LogP contribution in [0.5, 0.6) is 0 Å². The molecule has 1 aromatic heterocycles. The lowest BCUT2D eigenvalue weighted by Crippen LogP contribution is -2.49. The van der Waals surface area contributed by atoms with E-state index >= 15 is 0 Å². The Morgan fingerprint density at radius 1 is 1.45 bits per heavy atom. The molecule has 1 atom stereocenters. The molecule has 0 aliphatic carbocycles. The number of amides is 2. The van der Waals surface area contributed by atoms with Crippen LogP contribution in [-0.4, -0.2) is 39.4 Å². The van der Waals surface area contributed by atoms with Crippen LogP contribution in [-0.2, 0) is 22.7 Å².